The molecule has 0 saturated carbocycles. The molecular weight excluding hydrogens is 478 g/mol. The SMILES string of the molecule is CC.CC.CC.COC(=O)Cc1ccc([N+](C)(C)C)cc1.COc1ccc(OC(=O)c2ccccc2)cc1. The van der Waals surface area contributed by atoms with Crippen LogP contribution in [0.25, 0.3) is 0 Å². The fraction of sp³-hybridized carbons (Fsp3) is 0.375. The molecule has 38 heavy (non-hydrogen) atoms. The van der Waals surface area contributed by atoms with Gasteiger partial charge in [-0.2, -0.15) is 0 Å². The second-order valence-corrected chi connectivity index (χ2v) is 7.86. The van der Waals surface area contributed by atoms with E-state index in [2.05, 4.69) is 25.9 Å². The highest BCUT2D eigenvalue weighted by Gasteiger charge is 2.12. The molecule has 0 aromatic heterocycles. The normalized spacial score (nSPS) is 9.24. The molecule has 0 fully saturated rings. The maximum absolute atomic E-state index is 11.7. The zero-order valence-electron chi connectivity index (χ0n) is 25.2. The highest BCUT2D eigenvalue weighted by molar-refractivity contribution is 5.90. The minimum absolute atomic E-state index is 0.201. The maximum Gasteiger partial charge on any atom is 0.343 e. The van der Waals surface area contributed by atoms with Crippen LogP contribution in [0.4, 0.5) is 5.69 Å². The van der Waals surface area contributed by atoms with Gasteiger partial charge in [-0.1, -0.05) is 71.9 Å². The topological polar surface area (TPSA) is 61.8 Å². The van der Waals surface area contributed by atoms with Crippen LogP contribution in [0.15, 0.2) is 78.9 Å². The van der Waals surface area contributed by atoms with Crippen molar-refractivity contribution in [3.05, 3.63) is 90.0 Å². The summed E-state index contributed by atoms with van der Waals surface area (Å²) in [5.41, 5.74) is 2.73. The van der Waals surface area contributed by atoms with Crippen LogP contribution in [0.1, 0.15) is 57.5 Å². The maximum atomic E-state index is 11.7. The van der Waals surface area contributed by atoms with Gasteiger partial charge in [-0.05, 0) is 54.1 Å². The number of esters is 2. The van der Waals surface area contributed by atoms with Crippen LogP contribution in [0.5, 0.6) is 11.5 Å². The standard InChI is InChI=1S/C14H12O3.C12H18NO2.3C2H6/c1-16-12-7-9-13(10-8-12)17-14(15)11-5-3-2-4-6-11;1-13(2,3)11-7-5-10(6-8-11)9-12(14)15-4;3*1-2/h2-10H,1H3;5-8H,9H2,1-4H3;3*1-2H3/q;+1;;;. The molecule has 3 aromatic rings. The average molecular weight is 527 g/mol. The quantitative estimate of drug-likeness (QED) is 0.188. The van der Waals surface area contributed by atoms with Crippen LogP contribution < -0.4 is 14.0 Å². The summed E-state index contributed by atoms with van der Waals surface area (Å²) in [5.74, 6) is 0.660. The van der Waals surface area contributed by atoms with Crippen LogP contribution in [-0.2, 0) is 16.0 Å². The van der Waals surface area contributed by atoms with E-state index in [4.69, 9.17) is 9.47 Å². The van der Waals surface area contributed by atoms with Gasteiger partial charge in [0, 0.05) is 0 Å². The molecule has 0 spiro atoms. The lowest BCUT2D eigenvalue weighted by molar-refractivity contribution is -0.139. The van der Waals surface area contributed by atoms with Crippen molar-refractivity contribution in [2.75, 3.05) is 35.4 Å². The first-order chi connectivity index (χ1) is 18.2. The number of hydrogen-bond acceptors (Lipinski definition) is 5. The molecule has 0 N–H and O–H groups in total. The van der Waals surface area contributed by atoms with Crippen LogP contribution in [-0.4, -0.2) is 47.3 Å². The number of carbonyl (C=O) groups is 2. The van der Waals surface area contributed by atoms with Gasteiger partial charge in [0.15, 0.2) is 0 Å². The van der Waals surface area contributed by atoms with Crippen LogP contribution in [0, 0.1) is 0 Å². The summed E-state index contributed by atoms with van der Waals surface area (Å²) in [6, 6.07) is 23.8. The van der Waals surface area contributed by atoms with Crippen molar-refractivity contribution in [2.45, 2.75) is 48.0 Å². The Bertz CT molecular complexity index is 993. The number of hydrogen-bond donors (Lipinski definition) is 0. The largest absolute Gasteiger partial charge is 0.497 e. The zero-order chi connectivity index (χ0) is 29.6. The third-order valence-electron chi connectivity index (χ3n) is 4.57. The molecule has 3 aromatic carbocycles. The van der Waals surface area contributed by atoms with E-state index in [1.54, 1.807) is 55.6 Å². The molecule has 0 aliphatic carbocycles. The molecule has 6 nitrogen and oxygen atoms in total. The Balaban J connectivity index is 0. The summed E-state index contributed by atoms with van der Waals surface area (Å²) in [6.45, 7) is 12.0. The van der Waals surface area contributed by atoms with E-state index in [1.165, 1.54) is 12.8 Å². The number of rotatable bonds is 6. The van der Waals surface area contributed by atoms with Gasteiger partial charge in [0.25, 0.3) is 0 Å². The molecule has 0 aliphatic heterocycles. The van der Waals surface area contributed by atoms with E-state index < -0.39 is 0 Å². The second-order valence-electron chi connectivity index (χ2n) is 7.86. The number of nitrogens with zero attached hydrogens (tertiary/aromatic N) is 1. The summed E-state index contributed by atoms with van der Waals surface area (Å²) >= 11 is 0. The minimum atomic E-state index is -0.365. The number of carbonyl (C=O) groups excluding carboxylic acids is 2. The number of ether oxygens (including phenoxy) is 3. The molecule has 0 atom stereocenters. The molecule has 0 saturated heterocycles. The van der Waals surface area contributed by atoms with Gasteiger partial charge in [-0.25, -0.2) is 4.79 Å². The van der Waals surface area contributed by atoms with E-state index in [9.17, 15) is 9.59 Å². The predicted octanol–water partition coefficient (Wildman–Crippen LogP) is 7.59. The van der Waals surface area contributed by atoms with Crippen molar-refractivity contribution >= 4 is 17.6 Å². The first-order valence-electron chi connectivity index (χ1n) is 13.1. The minimum Gasteiger partial charge on any atom is -0.497 e. The Labute approximate surface area is 230 Å². The van der Waals surface area contributed by atoms with Crippen molar-refractivity contribution in [2.24, 2.45) is 0 Å². The summed E-state index contributed by atoms with van der Waals surface area (Å²) in [6.07, 6.45) is 0.341. The molecular formula is C32H48NO5+. The summed E-state index contributed by atoms with van der Waals surface area (Å²) in [7, 11) is 9.31. The summed E-state index contributed by atoms with van der Waals surface area (Å²) in [4.78, 5) is 22.8. The molecule has 0 amide bonds. The lowest BCUT2D eigenvalue weighted by Crippen LogP contribution is -2.34. The lowest BCUT2D eigenvalue weighted by Gasteiger charge is -2.23. The first-order valence-corrected chi connectivity index (χ1v) is 13.1. The molecule has 0 radical (unpaired) electrons. The predicted molar refractivity (Wildman–Crippen MR) is 160 cm³/mol. The van der Waals surface area contributed by atoms with Gasteiger partial charge in [0.2, 0.25) is 0 Å². The van der Waals surface area contributed by atoms with Gasteiger partial charge >= 0.3 is 11.9 Å². The van der Waals surface area contributed by atoms with E-state index >= 15 is 0 Å². The molecule has 6 heteroatoms. The van der Waals surface area contributed by atoms with Gasteiger partial charge in [-0.15, -0.1) is 0 Å². The van der Waals surface area contributed by atoms with Gasteiger partial charge < -0.3 is 14.2 Å². The van der Waals surface area contributed by atoms with Crippen molar-refractivity contribution < 1.29 is 23.8 Å². The smallest absolute Gasteiger partial charge is 0.343 e. The van der Waals surface area contributed by atoms with Crippen LogP contribution in [0.2, 0.25) is 0 Å². The van der Waals surface area contributed by atoms with E-state index in [0.717, 1.165) is 15.8 Å². The van der Waals surface area contributed by atoms with Crippen molar-refractivity contribution in [1.82, 2.24) is 4.48 Å². The number of quaternary nitrogens is 1. The zero-order valence-corrected chi connectivity index (χ0v) is 25.2. The van der Waals surface area contributed by atoms with Crippen molar-refractivity contribution in [3.63, 3.8) is 0 Å². The molecule has 210 valence electrons. The van der Waals surface area contributed by atoms with Crippen LogP contribution >= 0.6 is 0 Å². The third kappa shape index (κ3) is 14.8. The van der Waals surface area contributed by atoms with E-state index in [1.807, 2.05) is 71.9 Å². The summed E-state index contributed by atoms with van der Waals surface area (Å²) < 4.78 is 15.6. The second kappa shape index (κ2) is 21.4. The van der Waals surface area contributed by atoms with Gasteiger partial charge in [0.1, 0.15) is 17.2 Å². The fourth-order valence-corrected chi connectivity index (χ4v) is 2.68. The first kappa shape index (κ1) is 36.5. The molecule has 0 bridgehead atoms. The van der Waals surface area contributed by atoms with E-state index in [0.29, 0.717) is 17.7 Å². The lowest BCUT2D eigenvalue weighted by atomic mass is 10.1. The Kier molecular flexibility index (Phi) is 20.6. The molecule has 3 rings (SSSR count). The highest BCUT2D eigenvalue weighted by atomic mass is 16.5. The molecule has 0 aliphatic rings. The Morgan fingerprint density at radius 2 is 1.13 bits per heavy atom. The number of benzene rings is 3. The third-order valence-corrected chi connectivity index (χ3v) is 4.57. The fourth-order valence-electron chi connectivity index (χ4n) is 2.68. The van der Waals surface area contributed by atoms with Crippen molar-refractivity contribution in [1.29, 1.82) is 0 Å². The molecule has 0 heterocycles. The average Bonchev–Trinajstić information content (AvgIpc) is 2.97. The summed E-state index contributed by atoms with van der Waals surface area (Å²) in [5, 5.41) is 0. The number of methoxy groups -OCH3 is 2. The van der Waals surface area contributed by atoms with Gasteiger partial charge in [0.05, 0.1) is 47.3 Å². The molecule has 0 unspecified atom stereocenters. The van der Waals surface area contributed by atoms with E-state index in [-0.39, 0.29) is 11.9 Å². The Morgan fingerprint density at radius 1 is 0.658 bits per heavy atom. The Morgan fingerprint density at radius 3 is 1.55 bits per heavy atom. The van der Waals surface area contributed by atoms with Crippen LogP contribution in [0.3, 0.4) is 0 Å². The van der Waals surface area contributed by atoms with Gasteiger partial charge in [-0.3, -0.25) is 9.28 Å². The van der Waals surface area contributed by atoms with Crippen molar-refractivity contribution in [3.8, 4) is 11.5 Å². The monoisotopic (exact) mass is 526 g/mol. The Hall–Kier alpha value is -3.64. The highest BCUT2D eigenvalue weighted by Crippen LogP contribution is 2.18.